The zero-order valence-electron chi connectivity index (χ0n) is 18.9. The number of carbonyl (C=O) groups excluding carboxylic acids is 1. The number of hydrogen-bond acceptors (Lipinski definition) is 6. The second-order valence-electron chi connectivity index (χ2n) is 8.56. The lowest BCUT2D eigenvalue weighted by Gasteiger charge is -2.36. The monoisotopic (exact) mass is 440 g/mol. The number of rotatable bonds is 5. The molecule has 1 unspecified atom stereocenters. The Morgan fingerprint density at radius 3 is 2.39 bits per heavy atom. The van der Waals surface area contributed by atoms with Crippen molar-refractivity contribution in [3.8, 4) is 5.75 Å². The maximum Gasteiger partial charge on any atom is 0.225 e. The molecule has 0 bridgehead atoms. The lowest BCUT2D eigenvalue weighted by Crippen LogP contribution is -2.47. The molecule has 1 aliphatic heterocycles. The predicted octanol–water partition coefficient (Wildman–Crippen LogP) is 4.27. The minimum atomic E-state index is 0.134. The van der Waals surface area contributed by atoms with Crippen LogP contribution in [0.1, 0.15) is 28.0 Å². The molecule has 0 radical (unpaired) electrons. The van der Waals surface area contributed by atoms with E-state index < -0.39 is 0 Å². The number of Topliss-reactive ketones (excluding diaryl/α,β-unsaturated/α-hetero) is 1. The third kappa shape index (κ3) is 4.75. The van der Waals surface area contributed by atoms with Crippen LogP contribution in [0.3, 0.4) is 0 Å². The first kappa shape index (κ1) is 21.2. The second kappa shape index (κ2) is 9.45. The van der Waals surface area contributed by atoms with Crippen molar-refractivity contribution in [2.75, 3.05) is 43.1 Å². The van der Waals surface area contributed by atoms with Crippen LogP contribution in [0, 0.1) is 5.92 Å². The van der Waals surface area contributed by atoms with Crippen molar-refractivity contribution in [1.29, 1.82) is 0 Å². The maximum atomic E-state index is 12.7. The summed E-state index contributed by atoms with van der Waals surface area (Å²) in [5.41, 5.74) is 3.89. The number of hydrogen-bond donors (Lipinski definition) is 0. The Labute approximate surface area is 194 Å². The highest BCUT2D eigenvalue weighted by molar-refractivity contribution is 5.98. The van der Waals surface area contributed by atoms with Crippen molar-refractivity contribution in [3.05, 3.63) is 83.7 Å². The average molecular weight is 441 g/mol. The van der Waals surface area contributed by atoms with Crippen molar-refractivity contribution >= 4 is 23.5 Å². The summed E-state index contributed by atoms with van der Waals surface area (Å²) in [6.45, 7) is 3.48. The van der Waals surface area contributed by atoms with Gasteiger partial charge in [0.25, 0.3) is 0 Å². The molecule has 1 fully saturated rings. The van der Waals surface area contributed by atoms with Crippen LogP contribution in [-0.4, -0.2) is 49.0 Å². The molecule has 5 rings (SSSR count). The third-order valence-electron chi connectivity index (χ3n) is 6.42. The molecular formula is C27H28N4O2. The average Bonchev–Trinajstić information content (AvgIpc) is 2.88. The molecule has 6 heteroatoms. The number of ether oxygens (including phenoxy) is 1. The Kier molecular flexibility index (Phi) is 6.07. The molecule has 168 valence electrons. The maximum absolute atomic E-state index is 12.7. The number of methoxy groups -OCH3 is 1. The van der Waals surface area contributed by atoms with E-state index in [1.165, 1.54) is 5.69 Å². The summed E-state index contributed by atoms with van der Waals surface area (Å²) in [7, 11) is 1.68. The van der Waals surface area contributed by atoms with Crippen LogP contribution in [0.25, 0.3) is 6.08 Å². The Bertz CT molecular complexity index is 1140. The molecule has 2 aliphatic rings. The number of anilines is 2. The van der Waals surface area contributed by atoms with Crippen molar-refractivity contribution in [2.24, 2.45) is 5.92 Å². The largest absolute Gasteiger partial charge is 0.497 e. The molecule has 2 aromatic carbocycles. The highest BCUT2D eigenvalue weighted by Crippen LogP contribution is 2.27. The van der Waals surface area contributed by atoms with Gasteiger partial charge < -0.3 is 14.5 Å². The number of benzene rings is 2. The lowest BCUT2D eigenvalue weighted by atomic mass is 9.86. The molecule has 3 aromatic rings. The fourth-order valence-corrected chi connectivity index (χ4v) is 4.52. The summed E-state index contributed by atoms with van der Waals surface area (Å²) in [5.74, 6) is 1.89. The second-order valence-corrected chi connectivity index (χ2v) is 8.56. The molecule has 1 aliphatic carbocycles. The van der Waals surface area contributed by atoms with Gasteiger partial charge >= 0.3 is 0 Å². The highest BCUT2D eigenvalue weighted by Gasteiger charge is 2.27. The Balaban J connectivity index is 1.26. The van der Waals surface area contributed by atoms with E-state index in [1.807, 2.05) is 30.3 Å². The topological polar surface area (TPSA) is 58.6 Å². The summed E-state index contributed by atoms with van der Waals surface area (Å²) in [5, 5.41) is 0. The van der Waals surface area contributed by atoms with Gasteiger partial charge in [0, 0.05) is 44.5 Å². The molecule has 1 aromatic heterocycles. The van der Waals surface area contributed by atoms with Crippen molar-refractivity contribution in [1.82, 2.24) is 9.97 Å². The Morgan fingerprint density at radius 2 is 1.67 bits per heavy atom. The van der Waals surface area contributed by atoms with Gasteiger partial charge in [-0.15, -0.1) is 0 Å². The minimum Gasteiger partial charge on any atom is -0.497 e. The fourth-order valence-electron chi connectivity index (χ4n) is 4.52. The van der Waals surface area contributed by atoms with Crippen LogP contribution in [0.15, 0.2) is 66.9 Å². The van der Waals surface area contributed by atoms with Gasteiger partial charge in [-0.1, -0.05) is 42.5 Å². The highest BCUT2D eigenvalue weighted by atomic mass is 16.5. The number of carbonyl (C=O) groups is 1. The Morgan fingerprint density at radius 1 is 0.939 bits per heavy atom. The van der Waals surface area contributed by atoms with Crippen molar-refractivity contribution < 1.29 is 9.53 Å². The first-order chi connectivity index (χ1) is 16.2. The van der Waals surface area contributed by atoms with Crippen LogP contribution >= 0.6 is 0 Å². The van der Waals surface area contributed by atoms with Crippen molar-refractivity contribution in [2.45, 2.75) is 12.8 Å². The molecular weight excluding hydrogens is 412 g/mol. The molecule has 0 N–H and O–H groups in total. The molecule has 0 spiro atoms. The fraction of sp³-hybridized carbons (Fsp3) is 0.296. The van der Waals surface area contributed by atoms with E-state index in [9.17, 15) is 4.79 Å². The van der Waals surface area contributed by atoms with Crippen LogP contribution < -0.4 is 14.5 Å². The van der Waals surface area contributed by atoms with Crippen LogP contribution in [0.5, 0.6) is 5.75 Å². The van der Waals surface area contributed by atoms with Gasteiger partial charge in [0.1, 0.15) is 5.75 Å². The van der Waals surface area contributed by atoms with Gasteiger partial charge in [-0.2, -0.15) is 0 Å². The predicted molar refractivity (Wildman–Crippen MR) is 131 cm³/mol. The van der Waals surface area contributed by atoms with Crippen LogP contribution in [0.4, 0.5) is 11.6 Å². The minimum absolute atomic E-state index is 0.134. The van der Waals surface area contributed by atoms with E-state index in [0.29, 0.717) is 12.0 Å². The first-order valence-corrected chi connectivity index (χ1v) is 11.5. The van der Waals surface area contributed by atoms with E-state index in [0.717, 1.165) is 55.6 Å². The number of ketones is 1. The molecule has 0 amide bonds. The molecule has 1 atom stereocenters. The molecule has 1 saturated heterocycles. The van der Waals surface area contributed by atoms with Crippen LogP contribution in [0.2, 0.25) is 0 Å². The zero-order chi connectivity index (χ0) is 22.6. The summed E-state index contributed by atoms with van der Waals surface area (Å²) >= 11 is 0. The lowest BCUT2D eigenvalue weighted by molar-refractivity contribution is 0.0957. The summed E-state index contributed by atoms with van der Waals surface area (Å²) in [4.78, 5) is 26.7. The number of fused-ring (bicyclic) bond motifs is 1. The van der Waals surface area contributed by atoms with Crippen LogP contribution in [-0.2, 0) is 6.42 Å². The van der Waals surface area contributed by atoms with Crippen molar-refractivity contribution in [3.63, 3.8) is 0 Å². The number of nitrogens with zero attached hydrogens (tertiary/aromatic N) is 4. The smallest absolute Gasteiger partial charge is 0.225 e. The van der Waals surface area contributed by atoms with E-state index in [1.54, 1.807) is 13.3 Å². The Hall–Kier alpha value is -3.67. The summed E-state index contributed by atoms with van der Waals surface area (Å²) in [6.07, 6.45) is 7.26. The summed E-state index contributed by atoms with van der Waals surface area (Å²) in [6, 6.07) is 18.4. The molecule has 0 saturated carbocycles. The van der Waals surface area contributed by atoms with E-state index >= 15 is 0 Å². The SMILES string of the molecule is COc1ccc(N2CCN(c3ncc4c(n3)CC(C=Cc3ccccc3)CC4=O)CC2)cc1. The van der Waals surface area contributed by atoms with Gasteiger partial charge in [0.05, 0.1) is 18.4 Å². The standard InChI is InChI=1S/C27H28N4O2/c1-33-23-11-9-22(10-12-23)30-13-15-31(16-14-30)27-28-19-24-25(29-27)17-21(18-26(24)32)8-7-20-5-3-2-4-6-20/h2-12,19,21H,13-18H2,1H3. The quantitative estimate of drug-likeness (QED) is 0.591. The number of piperazine rings is 1. The van der Waals surface area contributed by atoms with Gasteiger partial charge in [-0.05, 0) is 42.2 Å². The zero-order valence-corrected chi connectivity index (χ0v) is 18.9. The molecule has 33 heavy (non-hydrogen) atoms. The third-order valence-corrected chi connectivity index (χ3v) is 6.42. The molecule has 6 nitrogen and oxygen atoms in total. The number of allylic oxidation sites excluding steroid dienone is 1. The van der Waals surface area contributed by atoms with Gasteiger partial charge in [-0.3, -0.25) is 4.79 Å². The van der Waals surface area contributed by atoms with E-state index in [2.05, 4.69) is 51.2 Å². The van der Waals surface area contributed by atoms with Gasteiger partial charge in [0.15, 0.2) is 5.78 Å². The normalized spacial score (nSPS) is 18.5. The first-order valence-electron chi connectivity index (χ1n) is 11.5. The van der Waals surface area contributed by atoms with Gasteiger partial charge in [0.2, 0.25) is 5.95 Å². The van der Waals surface area contributed by atoms with E-state index in [-0.39, 0.29) is 11.7 Å². The number of aromatic nitrogens is 2. The van der Waals surface area contributed by atoms with Gasteiger partial charge in [-0.25, -0.2) is 9.97 Å². The summed E-state index contributed by atoms with van der Waals surface area (Å²) < 4.78 is 5.26. The van der Waals surface area contributed by atoms with E-state index in [4.69, 9.17) is 9.72 Å². The molecule has 2 heterocycles.